The minimum Gasteiger partial charge on any atom is -0.486 e. The van der Waals surface area contributed by atoms with Crippen LogP contribution < -0.4 is 15.8 Å². The molecule has 1 aromatic heterocycles. The number of ketones is 1. The Labute approximate surface area is 129 Å². The summed E-state index contributed by atoms with van der Waals surface area (Å²) in [7, 11) is 3.25. The van der Waals surface area contributed by atoms with Crippen molar-refractivity contribution in [3.63, 3.8) is 0 Å². The Bertz CT molecular complexity index is 474. The lowest BCUT2D eigenvalue weighted by atomic mass is 10.3. The van der Waals surface area contributed by atoms with Crippen molar-refractivity contribution >= 4 is 27.8 Å². The quantitative estimate of drug-likeness (QED) is 0.681. The summed E-state index contributed by atoms with van der Waals surface area (Å²) in [5.41, 5.74) is 6.41. The number of thiophene rings is 1. The van der Waals surface area contributed by atoms with E-state index in [1.807, 2.05) is 13.8 Å². The van der Waals surface area contributed by atoms with E-state index < -0.39 is 0 Å². The SMILES string of the molecule is COCC(CNc1sc(C(C)=O)c(N)c1OC(C)C)OC. The first-order valence-corrected chi connectivity index (χ1v) is 7.57. The Morgan fingerprint density at radius 3 is 2.52 bits per heavy atom. The second-order valence-corrected chi connectivity index (χ2v) is 5.94. The van der Waals surface area contributed by atoms with Crippen LogP contribution in [0.4, 0.5) is 10.7 Å². The minimum atomic E-state index is -0.0917. The van der Waals surface area contributed by atoms with E-state index in [9.17, 15) is 4.79 Å². The van der Waals surface area contributed by atoms with Crippen molar-refractivity contribution in [2.75, 3.05) is 38.4 Å². The summed E-state index contributed by atoms with van der Waals surface area (Å²) in [5, 5.41) is 3.97. The van der Waals surface area contributed by atoms with Gasteiger partial charge in [0, 0.05) is 27.7 Å². The Hall–Kier alpha value is -1.31. The molecule has 0 saturated heterocycles. The number of Topliss-reactive ketones (excluding diaryl/α,β-unsaturated/α-hetero) is 1. The standard InChI is InChI=1S/C14H24N2O4S/c1-8(2)20-12-11(15)13(9(3)17)21-14(12)16-6-10(19-5)7-18-4/h8,10,16H,6-7,15H2,1-5H3. The number of methoxy groups -OCH3 is 2. The maximum absolute atomic E-state index is 11.6. The molecule has 0 spiro atoms. The average molecular weight is 316 g/mol. The molecule has 0 radical (unpaired) electrons. The summed E-state index contributed by atoms with van der Waals surface area (Å²) >= 11 is 1.30. The zero-order valence-corrected chi connectivity index (χ0v) is 14.0. The predicted octanol–water partition coefficient (Wildman–Crippen LogP) is 2.39. The fraction of sp³-hybridized carbons (Fsp3) is 0.643. The van der Waals surface area contributed by atoms with Gasteiger partial charge in [0.15, 0.2) is 11.5 Å². The van der Waals surface area contributed by atoms with Crippen molar-refractivity contribution in [2.24, 2.45) is 0 Å². The Balaban J connectivity index is 2.93. The lowest BCUT2D eigenvalue weighted by molar-refractivity contribution is 0.0366. The number of carbonyl (C=O) groups excluding carboxylic acids is 1. The van der Waals surface area contributed by atoms with Gasteiger partial charge in [0.2, 0.25) is 0 Å². The highest BCUT2D eigenvalue weighted by Crippen LogP contribution is 2.43. The lowest BCUT2D eigenvalue weighted by Crippen LogP contribution is -2.26. The molecule has 0 bridgehead atoms. The molecule has 0 saturated carbocycles. The van der Waals surface area contributed by atoms with Gasteiger partial charge in [0.25, 0.3) is 0 Å². The molecular formula is C14H24N2O4S. The zero-order chi connectivity index (χ0) is 16.0. The molecule has 0 aromatic carbocycles. The lowest BCUT2D eigenvalue weighted by Gasteiger charge is -2.17. The summed E-state index contributed by atoms with van der Waals surface area (Å²) in [6.45, 7) is 6.34. The summed E-state index contributed by atoms with van der Waals surface area (Å²) in [6, 6.07) is 0. The van der Waals surface area contributed by atoms with Crippen LogP contribution in [0, 0.1) is 0 Å². The molecule has 120 valence electrons. The first-order valence-electron chi connectivity index (χ1n) is 6.76. The number of carbonyl (C=O) groups is 1. The van der Waals surface area contributed by atoms with Crippen molar-refractivity contribution in [2.45, 2.75) is 33.0 Å². The van der Waals surface area contributed by atoms with Gasteiger partial charge in [-0.05, 0) is 13.8 Å². The van der Waals surface area contributed by atoms with Gasteiger partial charge in [-0.15, -0.1) is 11.3 Å². The van der Waals surface area contributed by atoms with Crippen LogP contribution >= 0.6 is 11.3 Å². The van der Waals surface area contributed by atoms with Crippen LogP contribution in [0.25, 0.3) is 0 Å². The van der Waals surface area contributed by atoms with Gasteiger partial charge in [-0.3, -0.25) is 4.79 Å². The van der Waals surface area contributed by atoms with E-state index in [1.54, 1.807) is 14.2 Å². The van der Waals surface area contributed by atoms with Gasteiger partial charge in [0.1, 0.15) is 5.00 Å². The molecule has 1 aromatic rings. The van der Waals surface area contributed by atoms with E-state index in [0.717, 1.165) is 5.00 Å². The summed E-state index contributed by atoms with van der Waals surface area (Å²) in [6.07, 6.45) is -0.120. The monoisotopic (exact) mass is 316 g/mol. The molecular weight excluding hydrogens is 292 g/mol. The number of rotatable bonds is 9. The molecule has 3 N–H and O–H groups in total. The largest absolute Gasteiger partial charge is 0.486 e. The molecule has 0 aliphatic rings. The third-order valence-electron chi connectivity index (χ3n) is 2.75. The van der Waals surface area contributed by atoms with Gasteiger partial charge < -0.3 is 25.3 Å². The number of ether oxygens (including phenoxy) is 3. The van der Waals surface area contributed by atoms with Crippen molar-refractivity contribution in [1.29, 1.82) is 0 Å². The van der Waals surface area contributed by atoms with Crippen molar-refractivity contribution < 1.29 is 19.0 Å². The second-order valence-electron chi connectivity index (χ2n) is 4.92. The van der Waals surface area contributed by atoms with E-state index in [1.165, 1.54) is 18.3 Å². The van der Waals surface area contributed by atoms with E-state index >= 15 is 0 Å². The Kier molecular flexibility index (Phi) is 6.94. The fourth-order valence-corrected chi connectivity index (χ4v) is 2.72. The predicted molar refractivity (Wildman–Crippen MR) is 85.7 cm³/mol. The Morgan fingerprint density at radius 1 is 1.38 bits per heavy atom. The van der Waals surface area contributed by atoms with Crippen LogP contribution in [0.3, 0.4) is 0 Å². The van der Waals surface area contributed by atoms with Gasteiger partial charge >= 0.3 is 0 Å². The van der Waals surface area contributed by atoms with Crippen LogP contribution in [0.15, 0.2) is 0 Å². The smallest absolute Gasteiger partial charge is 0.177 e. The highest BCUT2D eigenvalue weighted by atomic mass is 32.1. The molecule has 1 rings (SSSR count). The second kappa shape index (κ2) is 8.21. The molecule has 0 aliphatic heterocycles. The summed E-state index contributed by atoms with van der Waals surface area (Å²) < 4.78 is 16.1. The zero-order valence-electron chi connectivity index (χ0n) is 13.2. The van der Waals surface area contributed by atoms with Crippen molar-refractivity contribution in [3.05, 3.63) is 4.88 Å². The molecule has 0 amide bonds. The maximum atomic E-state index is 11.6. The average Bonchev–Trinajstić information content (AvgIpc) is 2.71. The van der Waals surface area contributed by atoms with Gasteiger partial charge in [0.05, 0.1) is 29.4 Å². The fourth-order valence-electron chi connectivity index (χ4n) is 1.76. The van der Waals surface area contributed by atoms with Gasteiger partial charge in [-0.2, -0.15) is 0 Å². The van der Waals surface area contributed by atoms with E-state index in [-0.39, 0.29) is 18.0 Å². The van der Waals surface area contributed by atoms with Crippen molar-refractivity contribution in [1.82, 2.24) is 0 Å². The van der Waals surface area contributed by atoms with Crippen LogP contribution in [0.2, 0.25) is 0 Å². The van der Waals surface area contributed by atoms with Crippen LogP contribution in [0.5, 0.6) is 5.75 Å². The molecule has 0 fully saturated rings. The highest BCUT2D eigenvalue weighted by Gasteiger charge is 2.21. The molecule has 6 nitrogen and oxygen atoms in total. The number of hydrogen-bond donors (Lipinski definition) is 2. The minimum absolute atomic E-state index is 0.0283. The van der Waals surface area contributed by atoms with E-state index in [0.29, 0.717) is 29.5 Å². The van der Waals surface area contributed by atoms with Crippen molar-refractivity contribution in [3.8, 4) is 5.75 Å². The topological polar surface area (TPSA) is 82.8 Å². The third-order valence-corrected chi connectivity index (χ3v) is 3.99. The van der Waals surface area contributed by atoms with E-state index in [4.69, 9.17) is 19.9 Å². The van der Waals surface area contributed by atoms with E-state index in [2.05, 4.69) is 5.32 Å². The van der Waals surface area contributed by atoms with Crippen LogP contribution in [-0.2, 0) is 9.47 Å². The molecule has 21 heavy (non-hydrogen) atoms. The first-order chi connectivity index (χ1) is 9.90. The number of hydrogen-bond acceptors (Lipinski definition) is 7. The number of anilines is 2. The highest BCUT2D eigenvalue weighted by molar-refractivity contribution is 7.19. The normalized spacial score (nSPS) is 12.5. The molecule has 1 heterocycles. The van der Waals surface area contributed by atoms with Gasteiger partial charge in [-0.25, -0.2) is 0 Å². The first kappa shape index (κ1) is 17.7. The molecule has 0 aliphatic carbocycles. The summed E-state index contributed by atoms with van der Waals surface area (Å²) in [5.74, 6) is 0.465. The third kappa shape index (κ3) is 4.87. The van der Waals surface area contributed by atoms with Gasteiger partial charge in [-0.1, -0.05) is 0 Å². The number of nitrogen functional groups attached to an aromatic ring is 1. The number of nitrogens with two attached hydrogens (primary N) is 1. The van der Waals surface area contributed by atoms with Crippen LogP contribution in [0.1, 0.15) is 30.4 Å². The molecule has 1 unspecified atom stereocenters. The number of nitrogens with one attached hydrogen (secondary N) is 1. The molecule has 1 atom stereocenters. The maximum Gasteiger partial charge on any atom is 0.177 e. The van der Waals surface area contributed by atoms with Crippen LogP contribution in [-0.4, -0.2) is 45.4 Å². The Morgan fingerprint density at radius 2 is 2.05 bits per heavy atom. The summed E-state index contributed by atoms with van der Waals surface area (Å²) in [4.78, 5) is 12.1. The molecule has 7 heteroatoms.